The monoisotopic (exact) mass is 418 g/mol. The van der Waals surface area contributed by atoms with E-state index in [-0.39, 0.29) is 24.8 Å². The number of amides is 1. The van der Waals surface area contributed by atoms with Crippen LogP contribution in [0.3, 0.4) is 0 Å². The lowest BCUT2D eigenvalue weighted by Gasteiger charge is -2.14. The van der Waals surface area contributed by atoms with Crippen molar-refractivity contribution in [2.45, 2.75) is 27.2 Å². The van der Waals surface area contributed by atoms with E-state index in [0.29, 0.717) is 41.1 Å². The van der Waals surface area contributed by atoms with Crippen LogP contribution in [0.1, 0.15) is 25.8 Å². The van der Waals surface area contributed by atoms with Crippen molar-refractivity contribution >= 4 is 34.8 Å². The van der Waals surface area contributed by atoms with Gasteiger partial charge in [0.25, 0.3) is 0 Å². The topological polar surface area (TPSA) is 98.0 Å². The number of nitrogens with zero attached hydrogens (tertiary/aromatic N) is 1. The summed E-state index contributed by atoms with van der Waals surface area (Å²) in [5.74, 6) is 1.32. The Morgan fingerprint density at radius 1 is 1.07 bits per heavy atom. The molecule has 0 atom stereocenters. The Labute approximate surface area is 176 Å². The van der Waals surface area contributed by atoms with Gasteiger partial charge in [0.2, 0.25) is 5.91 Å². The van der Waals surface area contributed by atoms with E-state index in [0.717, 1.165) is 5.56 Å². The molecule has 2 rings (SSSR count). The first kappa shape index (κ1) is 22.4. The molecule has 0 aliphatic carbocycles. The minimum Gasteiger partial charge on any atom is -0.494 e. The van der Waals surface area contributed by atoms with Crippen molar-refractivity contribution in [1.29, 1.82) is 0 Å². The van der Waals surface area contributed by atoms with Crippen LogP contribution in [0.5, 0.6) is 11.5 Å². The van der Waals surface area contributed by atoms with Gasteiger partial charge in [-0.1, -0.05) is 17.7 Å². The summed E-state index contributed by atoms with van der Waals surface area (Å²) in [7, 11) is 0. The normalized spacial score (nSPS) is 11.1. The fourth-order valence-corrected chi connectivity index (χ4v) is 2.82. The molecule has 0 saturated carbocycles. The lowest BCUT2D eigenvalue weighted by Crippen LogP contribution is -2.24. The average Bonchev–Trinajstić information content (AvgIpc) is 2.66. The summed E-state index contributed by atoms with van der Waals surface area (Å²) in [6.45, 7) is 7.04. The summed E-state index contributed by atoms with van der Waals surface area (Å²) in [4.78, 5) is 16.3. The molecule has 0 heterocycles. The van der Waals surface area contributed by atoms with Crippen molar-refractivity contribution in [3.05, 3.63) is 47.0 Å². The number of halogens is 1. The van der Waals surface area contributed by atoms with Gasteiger partial charge in [-0.05, 0) is 50.6 Å². The van der Waals surface area contributed by atoms with Crippen LogP contribution in [0.25, 0.3) is 0 Å². The SMILES string of the molecule is CCOc1ccc(OCC)c(NC(N)=NCCC(=O)Nc2ccc(C)cc2Cl)c1. The molecule has 29 heavy (non-hydrogen) atoms. The fraction of sp³-hybridized carbons (Fsp3) is 0.333. The molecular formula is C21H27ClN4O3. The van der Waals surface area contributed by atoms with Gasteiger partial charge in [-0.3, -0.25) is 9.79 Å². The van der Waals surface area contributed by atoms with E-state index in [2.05, 4.69) is 15.6 Å². The second-order valence-electron chi connectivity index (χ2n) is 6.20. The number of carbonyl (C=O) groups is 1. The van der Waals surface area contributed by atoms with Crippen LogP contribution >= 0.6 is 11.6 Å². The first-order chi connectivity index (χ1) is 13.9. The Hall–Kier alpha value is -2.93. The minimum atomic E-state index is -0.194. The van der Waals surface area contributed by atoms with Crippen LogP contribution in [-0.4, -0.2) is 31.6 Å². The molecule has 7 nitrogen and oxygen atoms in total. The Bertz CT molecular complexity index is 871. The standard InChI is InChI=1S/C21H27ClN4O3/c1-4-28-15-7-9-19(29-5-2)18(13-15)26-21(23)24-11-10-20(27)25-17-8-6-14(3)12-16(17)22/h6-9,12-13H,4-5,10-11H2,1-3H3,(H,25,27)(H3,23,24,26). The molecule has 0 bridgehead atoms. The minimum absolute atomic E-state index is 0.171. The summed E-state index contributed by atoms with van der Waals surface area (Å²) in [6, 6.07) is 10.9. The summed E-state index contributed by atoms with van der Waals surface area (Å²) >= 11 is 6.13. The first-order valence-electron chi connectivity index (χ1n) is 9.45. The summed E-state index contributed by atoms with van der Waals surface area (Å²) < 4.78 is 11.1. The molecule has 0 fully saturated rings. The molecule has 8 heteroatoms. The van der Waals surface area contributed by atoms with E-state index in [1.54, 1.807) is 18.2 Å². The Morgan fingerprint density at radius 2 is 1.83 bits per heavy atom. The smallest absolute Gasteiger partial charge is 0.226 e. The molecule has 0 aliphatic rings. The third kappa shape index (κ3) is 7.19. The number of ether oxygens (including phenoxy) is 2. The number of anilines is 2. The molecule has 0 spiro atoms. The van der Waals surface area contributed by atoms with Gasteiger partial charge in [-0.2, -0.15) is 0 Å². The van der Waals surface area contributed by atoms with Gasteiger partial charge < -0.3 is 25.8 Å². The third-order valence-electron chi connectivity index (χ3n) is 3.84. The van der Waals surface area contributed by atoms with Crippen LogP contribution in [0, 0.1) is 6.92 Å². The summed E-state index contributed by atoms with van der Waals surface area (Å²) in [5.41, 5.74) is 8.21. The number of carbonyl (C=O) groups excluding carboxylic acids is 1. The Balaban J connectivity index is 1.94. The van der Waals surface area contributed by atoms with Gasteiger partial charge in [0.15, 0.2) is 5.96 Å². The van der Waals surface area contributed by atoms with Gasteiger partial charge >= 0.3 is 0 Å². The van der Waals surface area contributed by atoms with Crippen molar-refractivity contribution in [3.63, 3.8) is 0 Å². The molecule has 2 aromatic rings. The Morgan fingerprint density at radius 3 is 2.52 bits per heavy atom. The molecule has 0 aliphatic heterocycles. The second kappa shape index (κ2) is 11.2. The highest BCUT2D eigenvalue weighted by Crippen LogP contribution is 2.29. The maximum atomic E-state index is 12.1. The molecule has 0 saturated heterocycles. The van der Waals surface area contributed by atoms with E-state index < -0.39 is 0 Å². The van der Waals surface area contributed by atoms with Gasteiger partial charge in [-0.25, -0.2) is 0 Å². The molecule has 0 aromatic heterocycles. The molecule has 2 aromatic carbocycles. The first-order valence-corrected chi connectivity index (χ1v) is 9.83. The molecule has 1 amide bonds. The van der Waals surface area contributed by atoms with Gasteiger partial charge in [0, 0.05) is 12.5 Å². The van der Waals surface area contributed by atoms with E-state index in [4.69, 9.17) is 26.8 Å². The average molecular weight is 419 g/mol. The highest BCUT2D eigenvalue weighted by atomic mass is 35.5. The van der Waals surface area contributed by atoms with E-state index >= 15 is 0 Å². The number of hydrogen-bond donors (Lipinski definition) is 3. The molecule has 156 valence electrons. The summed E-state index contributed by atoms with van der Waals surface area (Å²) in [6.07, 6.45) is 0.171. The van der Waals surface area contributed by atoms with Gasteiger partial charge in [0.05, 0.1) is 36.2 Å². The predicted octanol–water partition coefficient (Wildman–Crippen LogP) is 4.20. The lowest BCUT2D eigenvalue weighted by atomic mass is 10.2. The highest BCUT2D eigenvalue weighted by molar-refractivity contribution is 6.33. The van der Waals surface area contributed by atoms with Crippen molar-refractivity contribution in [1.82, 2.24) is 0 Å². The maximum Gasteiger partial charge on any atom is 0.226 e. The van der Waals surface area contributed by atoms with E-state index in [9.17, 15) is 4.79 Å². The van der Waals surface area contributed by atoms with Crippen molar-refractivity contribution in [3.8, 4) is 11.5 Å². The number of hydrogen-bond acceptors (Lipinski definition) is 4. The largest absolute Gasteiger partial charge is 0.494 e. The fourth-order valence-electron chi connectivity index (χ4n) is 2.53. The van der Waals surface area contributed by atoms with Crippen LogP contribution in [-0.2, 0) is 4.79 Å². The zero-order valence-corrected chi connectivity index (χ0v) is 17.7. The number of aryl methyl sites for hydroxylation is 1. The quantitative estimate of drug-likeness (QED) is 0.418. The van der Waals surface area contributed by atoms with E-state index in [1.807, 2.05) is 39.0 Å². The van der Waals surface area contributed by atoms with Crippen LogP contribution in [0.15, 0.2) is 41.4 Å². The van der Waals surface area contributed by atoms with Crippen LogP contribution < -0.4 is 25.8 Å². The number of benzene rings is 2. The third-order valence-corrected chi connectivity index (χ3v) is 4.16. The van der Waals surface area contributed by atoms with Crippen LogP contribution in [0.2, 0.25) is 5.02 Å². The van der Waals surface area contributed by atoms with Crippen molar-refractivity contribution < 1.29 is 14.3 Å². The molecular weight excluding hydrogens is 392 g/mol. The van der Waals surface area contributed by atoms with Gasteiger partial charge in [-0.15, -0.1) is 0 Å². The van der Waals surface area contributed by atoms with Gasteiger partial charge in [0.1, 0.15) is 11.5 Å². The Kier molecular flexibility index (Phi) is 8.61. The van der Waals surface area contributed by atoms with Crippen molar-refractivity contribution in [2.75, 3.05) is 30.4 Å². The molecule has 4 N–H and O–H groups in total. The van der Waals surface area contributed by atoms with E-state index in [1.165, 1.54) is 0 Å². The number of nitrogens with one attached hydrogen (secondary N) is 2. The van der Waals surface area contributed by atoms with Crippen LogP contribution in [0.4, 0.5) is 11.4 Å². The predicted molar refractivity (Wildman–Crippen MR) is 118 cm³/mol. The molecule has 0 unspecified atom stereocenters. The number of nitrogens with two attached hydrogens (primary N) is 1. The number of rotatable bonds is 9. The maximum absolute atomic E-state index is 12.1. The number of aliphatic imine (C=N–C) groups is 1. The second-order valence-corrected chi connectivity index (χ2v) is 6.60. The lowest BCUT2D eigenvalue weighted by molar-refractivity contribution is -0.116. The molecule has 0 radical (unpaired) electrons. The van der Waals surface area contributed by atoms with Crippen molar-refractivity contribution in [2.24, 2.45) is 10.7 Å². The zero-order chi connectivity index (χ0) is 21.2. The zero-order valence-electron chi connectivity index (χ0n) is 16.9. The number of guanidine groups is 1. The summed E-state index contributed by atoms with van der Waals surface area (Å²) in [5, 5.41) is 6.27. The highest BCUT2D eigenvalue weighted by Gasteiger charge is 2.08.